The van der Waals surface area contributed by atoms with Crippen molar-refractivity contribution in [1.82, 2.24) is 5.32 Å². The van der Waals surface area contributed by atoms with Crippen molar-refractivity contribution in [2.45, 2.75) is 26.3 Å². The number of nitrogens with two attached hydrogens (primary N) is 1. The van der Waals surface area contributed by atoms with Crippen molar-refractivity contribution in [3.05, 3.63) is 34.3 Å². The maximum absolute atomic E-state index is 5.78. The highest BCUT2D eigenvalue weighted by Gasteiger charge is 2.22. The first-order valence-corrected chi connectivity index (χ1v) is 6.40. The molecule has 90 valence electrons. The Morgan fingerprint density at radius 2 is 2.12 bits per heavy atom. The van der Waals surface area contributed by atoms with Crippen LogP contribution in [0.25, 0.3) is 0 Å². The highest BCUT2D eigenvalue weighted by atomic mass is 79.9. The lowest BCUT2D eigenvalue weighted by Crippen LogP contribution is -2.30. The molecule has 1 unspecified atom stereocenters. The van der Waals surface area contributed by atoms with Crippen molar-refractivity contribution in [3.8, 4) is 0 Å². The second kappa shape index (κ2) is 5.80. The summed E-state index contributed by atoms with van der Waals surface area (Å²) in [6.45, 7) is 5.11. The van der Waals surface area contributed by atoms with Gasteiger partial charge in [0, 0.05) is 10.5 Å². The third-order valence-electron chi connectivity index (χ3n) is 2.91. The van der Waals surface area contributed by atoms with Crippen LogP contribution in [0, 0.1) is 5.41 Å². The van der Waals surface area contributed by atoms with Crippen LogP contribution in [0.5, 0.6) is 0 Å². The molecule has 16 heavy (non-hydrogen) atoms. The maximum Gasteiger partial charge on any atom is 0.0323 e. The summed E-state index contributed by atoms with van der Waals surface area (Å²) in [6, 6.07) is 8.78. The van der Waals surface area contributed by atoms with E-state index in [0.717, 1.165) is 10.9 Å². The van der Waals surface area contributed by atoms with Crippen LogP contribution in [0.1, 0.15) is 31.9 Å². The summed E-state index contributed by atoms with van der Waals surface area (Å²) < 4.78 is 1.12. The molecule has 3 heteroatoms. The largest absolute Gasteiger partial charge is 0.330 e. The Morgan fingerprint density at radius 1 is 1.44 bits per heavy atom. The Labute approximate surface area is 107 Å². The van der Waals surface area contributed by atoms with E-state index in [2.05, 4.69) is 53.3 Å². The highest BCUT2D eigenvalue weighted by Crippen LogP contribution is 2.29. The van der Waals surface area contributed by atoms with Gasteiger partial charge in [-0.2, -0.15) is 0 Å². The average molecular weight is 285 g/mol. The van der Waals surface area contributed by atoms with Gasteiger partial charge in [0.05, 0.1) is 0 Å². The van der Waals surface area contributed by atoms with E-state index in [9.17, 15) is 0 Å². The van der Waals surface area contributed by atoms with Crippen molar-refractivity contribution in [2.75, 3.05) is 13.6 Å². The predicted molar refractivity (Wildman–Crippen MR) is 73.4 cm³/mol. The maximum atomic E-state index is 5.78. The summed E-state index contributed by atoms with van der Waals surface area (Å²) in [4.78, 5) is 0. The van der Waals surface area contributed by atoms with Gasteiger partial charge in [-0.1, -0.05) is 41.9 Å². The first-order chi connectivity index (χ1) is 7.48. The minimum atomic E-state index is 0.163. The van der Waals surface area contributed by atoms with Gasteiger partial charge in [-0.25, -0.2) is 0 Å². The summed E-state index contributed by atoms with van der Waals surface area (Å²) in [5, 5.41) is 3.36. The van der Waals surface area contributed by atoms with Gasteiger partial charge in [-0.15, -0.1) is 0 Å². The summed E-state index contributed by atoms with van der Waals surface area (Å²) in [7, 11) is 2.00. The number of rotatable bonds is 5. The molecular formula is C13H21BrN2. The normalized spacial score (nSPS) is 13.8. The number of halogens is 1. The molecule has 3 N–H and O–H groups in total. The lowest BCUT2D eigenvalue weighted by Gasteiger charge is -2.28. The molecule has 0 spiro atoms. The van der Waals surface area contributed by atoms with Crippen molar-refractivity contribution in [2.24, 2.45) is 11.1 Å². The highest BCUT2D eigenvalue weighted by molar-refractivity contribution is 9.10. The zero-order valence-corrected chi connectivity index (χ0v) is 11.8. The topological polar surface area (TPSA) is 38.0 Å². The monoisotopic (exact) mass is 284 g/mol. The van der Waals surface area contributed by atoms with E-state index >= 15 is 0 Å². The van der Waals surface area contributed by atoms with Crippen LogP contribution in [-0.4, -0.2) is 13.6 Å². The van der Waals surface area contributed by atoms with Crippen LogP contribution in [0.15, 0.2) is 28.7 Å². The number of benzene rings is 1. The summed E-state index contributed by atoms with van der Waals surface area (Å²) in [5.41, 5.74) is 7.25. The van der Waals surface area contributed by atoms with Gasteiger partial charge >= 0.3 is 0 Å². The van der Waals surface area contributed by atoms with Crippen molar-refractivity contribution < 1.29 is 0 Å². The fourth-order valence-corrected chi connectivity index (χ4v) is 2.16. The fraction of sp³-hybridized carbons (Fsp3) is 0.538. The van der Waals surface area contributed by atoms with Gasteiger partial charge < -0.3 is 11.1 Å². The lowest BCUT2D eigenvalue weighted by molar-refractivity contribution is 0.299. The van der Waals surface area contributed by atoms with E-state index in [1.165, 1.54) is 5.56 Å². The summed E-state index contributed by atoms with van der Waals surface area (Å²) >= 11 is 3.50. The quantitative estimate of drug-likeness (QED) is 0.872. The molecule has 1 rings (SSSR count). The smallest absolute Gasteiger partial charge is 0.0323 e. The molecular weight excluding hydrogens is 264 g/mol. The second-order valence-electron chi connectivity index (χ2n) is 4.97. The Balaban J connectivity index is 2.82. The first-order valence-electron chi connectivity index (χ1n) is 5.61. The Kier molecular flexibility index (Phi) is 4.96. The molecule has 0 aliphatic carbocycles. The van der Waals surface area contributed by atoms with Crippen LogP contribution < -0.4 is 11.1 Å². The van der Waals surface area contributed by atoms with Crippen molar-refractivity contribution >= 4 is 15.9 Å². The van der Waals surface area contributed by atoms with E-state index in [4.69, 9.17) is 5.73 Å². The molecule has 0 radical (unpaired) electrons. The molecule has 0 aromatic heterocycles. The van der Waals surface area contributed by atoms with Crippen LogP contribution >= 0.6 is 15.9 Å². The third kappa shape index (κ3) is 3.89. The molecule has 0 aliphatic rings. The Hall–Kier alpha value is -0.380. The molecule has 0 saturated heterocycles. The van der Waals surface area contributed by atoms with Gasteiger partial charge in [0.15, 0.2) is 0 Å². The Bertz CT molecular complexity index is 336. The van der Waals surface area contributed by atoms with E-state index < -0.39 is 0 Å². The molecule has 0 aliphatic heterocycles. The molecule has 0 bridgehead atoms. The molecule has 0 amide bonds. The van der Waals surface area contributed by atoms with Gasteiger partial charge in [-0.3, -0.25) is 0 Å². The SMILES string of the molecule is CNC(CC(C)(C)CN)c1cccc(Br)c1. The van der Waals surface area contributed by atoms with E-state index in [1.54, 1.807) is 0 Å². The standard InChI is InChI=1S/C13H21BrN2/c1-13(2,9-15)8-12(16-3)10-5-4-6-11(14)7-10/h4-7,12,16H,8-9,15H2,1-3H3. The average Bonchev–Trinajstić information content (AvgIpc) is 2.26. The minimum absolute atomic E-state index is 0.163. The van der Waals surface area contributed by atoms with Crippen LogP contribution in [0.2, 0.25) is 0 Å². The molecule has 2 nitrogen and oxygen atoms in total. The molecule has 0 saturated carbocycles. The molecule has 1 aromatic rings. The lowest BCUT2D eigenvalue weighted by atomic mass is 9.83. The number of hydrogen-bond donors (Lipinski definition) is 2. The minimum Gasteiger partial charge on any atom is -0.330 e. The molecule has 0 fully saturated rings. The number of hydrogen-bond acceptors (Lipinski definition) is 2. The summed E-state index contributed by atoms with van der Waals surface area (Å²) in [5.74, 6) is 0. The van der Waals surface area contributed by atoms with Crippen LogP contribution in [-0.2, 0) is 0 Å². The van der Waals surface area contributed by atoms with Gasteiger partial charge in [0.1, 0.15) is 0 Å². The fourth-order valence-electron chi connectivity index (χ4n) is 1.75. The van der Waals surface area contributed by atoms with E-state index in [1.807, 2.05) is 13.1 Å². The second-order valence-corrected chi connectivity index (χ2v) is 5.88. The van der Waals surface area contributed by atoms with E-state index in [-0.39, 0.29) is 5.41 Å². The Morgan fingerprint density at radius 3 is 2.62 bits per heavy atom. The number of nitrogens with one attached hydrogen (secondary N) is 1. The third-order valence-corrected chi connectivity index (χ3v) is 3.40. The molecule has 0 heterocycles. The molecule has 1 aromatic carbocycles. The van der Waals surface area contributed by atoms with Gasteiger partial charge in [0.25, 0.3) is 0 Å². The van der Waals surface area contributed by atoms with E-state index in [0.29, 0.717) is 12.6 Å². The summed E-state index contributed by atoms with van der Waals surface area (Å²) in [6.07, 6.45) is 1.04. The molecule has 1 atom stereocenters. The zero-order chi connectivity index (χ0) is 12.2. The van der Waals surface area contributed by atoms with Crippen molar-refractivity contribution in [1.29, 1.82) is 0 Å². The first kappa shape index (κ1) is 13.7. The van der Waals surface area contributed by atoms with Gasteiger partial charge in [0.2, 0.25) is 0 Å². The van der Waals surface area contributed by atoms with Crippen LogP contribution in [0.4, 0.5) is 0 Å². The van der Waals surface area contributed by atoms with Crippen LogP contribution in [0.3, 0.4) is 0 Å². The van der Waals surface area contributed by atoms with Crippen molar-refractivity contribution in [3.63, 3.8) is 0 Å². The van der Waals surface area contributed by atoms with Gasteiger partial charge in [-0.05, 0) is 43.1 Å². The predicted octanol–water partition coefficient (Wildman–Crippen LogP) is 3.08. The zero-order valence-electron chi connectivity index (χ0n) is 10.3.